The number of carbonyl (C=O) groups is 1. The van der Waals surface area contributed by atoms with Crippen molar-refractivity contribution < 1.29 is 23.1 Å². The number of piperidine rings is 1. The molecule has 4 rings (SSSR count). The summed E-state index contributed by atoms with van der Waals surface area (Å²) in [6.45, 7) is 4.16. The third-order valence-electron chi connectivity index (χ3n) is 6.22. The Labute approximate surface area is 199 Å². The minimum absolute atomic E-state index is 0.0826. The van der Waals surface area contributed by atoms with Crippen LogP contribution >= 0.6 is 11.3 Å². The van der Waals surface area contributed by atoms with Gasteiger partial charge in [-0.25, -0.2) is 4.98 Å². The highest BCUT2D eigenvalue weighted by molar-refractivity contribution is 7.16. The first kappa shape index (κ1) is 24.2. The molecule has 5 nitrogen and oxygen atoms in total. The number of nitrogens with one attached hydrogen (secondary N) is 1. The first-order chi connectivity index (χ1) is 16.1. The molecule has 0 saturated carbocycles. The maximum Gasteiger partial charge on any atom is 0.412 e. The lowest BCUT2D eigenvalue weighted by molar-refractivity contribution is -0.106. The molecule has 0 bridgehead atoms. The lowest BCUT2D eigenvalue weighted by Crippen LogP contribution is -2.47. The third kappa shape index (κ3) is 5.59. The van der Waals surface area contributed by atoms with Gasteiger partial charge in [0.05, 0.1) is 21.3 Å². The molecule has 0 radical (unpaired) electrons. The number of fused-ring (bicyclic) bond motifs is 1. The van der Waals surface area contributed by atoms with E-state index in [2.05, 4.69) is 29.0 Å². The summed E-state index contributed by atoms with van der Waals surface area (Å²) < 4.78 is 39.5. The van der Waals surface area contributed by atoms with Gasteiger partial charge in [0.15, 0.2) is 0 Å². The van der Waals surface area contributed by atoms with Gasteiger partial charge >= 0.3 is 6.18 Å². The number of anilines is 1. The van der Waals surface area contributed by atoms with E-state index in [4.69, 9.17) is 0 Å². The van der Waals surface area contributed by atoms with Crippen molar-refractivity contribution >= 4 is 33.1 Å². The molecular formula is C25H26F3N3O2S. The Morgan fingerprint density at radius 2 is 1.88 bits per heavy atom. The zero-order chi connectivity index (χ0) is 24.3. The molecule has 0 unspecified atom stereocenters. The summed E-state index contributed by atoms with van der Waals surface area (Å²) in [5, 5.41) is 13.9. The molecule has 0 spiro atoms. The van der Waals surface area contributed by atoms with E-state index in [0.29, 0.717) is 5.56 Å². The highest BCUT2D eigenvalue weighted by Gasteiger charge is 2.40. The van der Waals surface area contributed by atoms with E-state index in [-0.39, 0.29) is 31.8 Å². The van der Waals surface area contributed by atoms with Crippen LogP contribution in [0.5, 0.6) is 0 Å². The molecule has 0 atom stereocenters. The molecule has 2 N–H and O–H groups in total. The quantitative estimate of drug-likeness (QED) is 0.435. The predicted octanol–water partition coefficient (Wildman–Crippen LogP) is 5.43. The first-order valence-electron chi connectivity index (χ1n) is 11.1. The summed E-state index contributed by atoms with van der Waals surface area (Å²) in [4.78, 5) is 18.8. The Bertz CT molecular complexity index is 1170. The SMILES string of the molecule is C=C(CC1(O)CCN(C(=O)c2ccc(NCCc3cccc4scnc34)cc2)CC1)C(F)(F)F. The zero-order valence-electron chi connectivity index (χ0n) is 18.6. The molecule has 1 saturated heterocycles. The van der Waals surface area contributed by atoms with E-state index < -0.39 is 23.8 Å². The number of likely N-dealkylation sites (tertiary alicyclic amines) is 1. The van der Waals surface area contributed by atoms with E-state index in [1.54, 1.807) is 28.4 Å². The van der Waals surface area contributed by atoms with Crippen molar-refractivity contribution in [2.45, 2.75) is 37.5 Å². The van der Waals surface area contributed by atoms with Crippen LogP contribution in [0.1, 0.15) is 35.2 Å². The summed E-state index contributed by atoms with van der Waals surface area (Å²) in [6.07, 6.45) is -4.07. The molecule has 34 heavy (non-hydrogen) atoms. The largest absolute Gasteiger partial charge is 0.412 e. The van der Waals surface area contributed by atoms with Crippen LogP contribution in [0, 0.1) is 0 Å². The molecule has 1 fully saturated rings. The average Bonchev–Trinajstić information content (AvgIpc) is 3.29. The lowest BCUT2D eigenvalue weighted by atomic mass is 9.85. The van der Waals surface area contributed by atoms with Crippen molar-refractivity contribution in [3.63, 3.8) is 0 Å². The zero-order valence-corrected chi connectivity index (χ0v) is 19.4. The number of amides is 1. The third-order valence-corrected chi connectivity index (χ3v) is 7.02. The maximum absolute atomic E-state index is 12.8. The van der Waals surface area contributed by atoms with Crippen molar-refractivity contribution in [3.05, 3.63) is 71.3 Å². The van der Waals surface area contributed by atoms with Crippen LogP contribution in [-0.4, -0.2) is 52.3 Å². The van der Waals surface area contributed by atoms with Crippen molar-refractivity contribution in [2.75, 3.05) is 25.0 Å². The fourth-order valence-corrected chi connectivity index (χ4v) is 4.93. The number of aromatic nitrogens is 1. The minimum atomic E-state index is -4.52. The Kier molecular flexibility index (Phi) is 6.95. The van der Waals surface area contributed by atoms with Crippen molar-refractivity contribution in [1.29, 1.82) is 0 Å². The second kappa shape index (κ2) is 9.76. The number of alkyl halides is 3. The number of hydrogen-bond donors (Lipinski definition) is 2. The van der Waals surface area contributed by atoms with Gasteiger partial charge in [-0.05, 0) is 55.2 Å². The van der Waals surface area contributed by atoms with Crippen LogP contribution in [0.4, 0.5) is 18.9 Å². The van der Waals surface area contributed by atoms with Crippen molar-refractivity contribution in [1.82, 2.24) is 9.88 Å². The standard InChI is InChI=1S/C25H26F3N3O2S/c1-17(25(26,27)28)15-24(33)10-13-31(14-11-24)23(32)19-5-7-20(8-6-19)29-12-9-18-3-2-4-21-22(18)30-16-34-21/h2-8,16,29,33H,1,9-15H2. The number of halogens is 3. The number of rotatable bonds is 7. The van der Waals surface area contributed by atoms with Gasteiger partial charge in [-0.15, -0.1) is 11.3 Å². The number of carbonyl (C=O) groups excluding carboxylic acids is 1. The van der Waals surface area contributed by atoms with Crippen LogP contribution in [-0.2, 0) is 6.42 Å². The minimum Gasteiger partial charge on any atom is -0.389 e. The van der Waals surface area contributed by atoms with Gasteiger partial charge in [0.2, 0.25) is 0 Å². The van der Waals surface area contributed by atoms with Gasteiger partial charge in [-0.3, -0.25) is 4.79 Å². The highest BCUT2D eigenvalue weighted by Crippen LogP contribution is 2.35. The molecule has 1 aliphatic rings. The predicted molar refractivity (Wildman–Crippen MR) is 128 cm³/mol. The number of para-hydroxylation sites is 1. The van der Waals surface area contributed by atoms with E-state index in [0.717, 1.165) is 24.2 Å². The Morgan fingerprint density at radius 1 is 1.18 bits per heavy atom. The molecule has 0 aliphatic carbocycles. The highest BCUT2D eigenvalue weighted by atomic mass is 32.1. The summed E-state index contributed by atoms with van der Waals surface area (Å²) >= 11 is 1.62. The molecule has 180 valence electrons. The molecular weight excluding hydrogens is 463 g/mol. The van der Waals surface area contributed by atoms with E-state index >= 15 is 0 Å². The summed E-state index contributed by atoms with van der Waals surface area (Å²) in [7, 11) is 0. The van der Waals surface area contributed by atoms with Gasteiger partial charge in [-0.2, -0.15) is 13.2 Å². The Balaban J connectivity index is 1.28. The molecule has 1 amide bonds. The Morgan fingerprint density at radius 3 is 2.56 bits per heavy atom. The van der Waals surface area contributed by atoms with Crippen LogP contribution in [0.25, 0.3) is 10.2 Å². The summed E-state index contributed by atoms with van der Waals surface area (Å²) in [6, 6.07) is 13.3. The molecule has 1 aliphatic heterocycles. The van der Waals surface area contributed by atoms with Gasteiger partial charge in [-0.1, -0.05) is 18.7 Å². The molecule has 3 aromatic rings. The summed E-state index contributed by atoms with van der Waals surface area (Å²) in [5.41, 5.74) is 3.03. The second-order valence-electron chi connectivity index (χ2n) is 8.66. The van der Waals surface area contributed by atoms with E-state index in [1.807, 2.05) is 23.7 Å². The van der Waals surface area contributed by atoms with Crippen LogP contribution < -0.4 is 5.32 Å². The van der Waals surface area contributed by atoms with Gasteiger partial charge in [0, 0.05) is 42.9 Å². The van der Waals surface area contributed by atoms with Crippen LogP contribution in [0.15, 0.2) is 60.1 Å². The molecule has 2 heterocycles. The average molecular weight is 490 g/mol. The van der Waals surface area contributed by atoms with Gasteiger partial charge in [0.1, 0.15) is 0 Å². The molecule has 1 aromatic heterocycles. The monoisotopic (exact) mass is 489 g/mol. The Hall–Kier alpha value is -2.91. The van der Waals surface area contributed by atoms with Gasteiger partial charge < -0.3 is 15.3 Å². The molecule has 2 aromatic carbocycles. The van der Waals surface area contributed by atoms with Gasteiger partial charge in [0.25, 0.3) is 5.91 Å². The van der Waals surface area contributed by atoms with Crippen molar-refractivity contribution in [3.8, 4) is 0 Å². The number of benzene rings is 2. The fraction of sp³-hybridized carbons (Fsp3) is 0.360. The fourth-order valence-electron chi connectivity index (χ4n) is 4.20. The summed E-state index contributed by atoms with van der Waals surface area (Å²) in [5.74, 6) is -0.196. The normalized spacial score (nSPS) is 15.9. The number of nitrogens with zero attached hydrogens (tertiary/aromatic N) is 2. The lowest BCUT2D eigenvalue weighted by Gasteiger charge is -2.38. The first-order valence-corrected chi connectivity index (χ1v) is 11.9. The van der Waals surface area contributed by atoms with Crippen LogP contribution in [0.2, 0.25) is 0 Å². The van der Waals surface area contributed by atoms with E-state index in [1.165, 1.54) is 10.3 Å². The topological polar surface area (TPSA) is 65.5 Å². The number of thiazole rings is 1. The van der Waals surface area contributed by atoms with Crippen LogP contribution in [0.3, 0.4) is 0 Å². The second-order valence-corrected chi connectivity index (χ2v) is 9.55. The maximum atomic E-state index is 12.8. The molecule has 9 heteroatoms. The van der Waals surface area contributed by atoms with Crippen molar-refractivity contribution in [2.24, 2.45) is 0 Å². The smallest absolute Gasteiger partial charge is 0.389 e. The number of aliphatic hydroxyl groups is 1. The number of hydrogen-bond acceptors (Lipinski definition) is 5. The van der Waals surface area contributed by atoms with E-state index in [9.17, 15) is 23.1 Å².